The van der Waals surface area contributed by atoms with Crippen LogP contribution < -0.4 is 10.2 Å². The van der Waals surface area contributed by atoms with E-state index in [1.54, 1.807) is 17.7 Å². The van der Waals surface area contributed by atoms with E-state index in [-0.39, 0.29) is 11.7 Å². The minimum Gasteiger partial charge on any atom is -0.378 e. The predicted molar refractivity (Wildman–Crippen MR) is 132 cm³/mol. The van der Waals surface area contributed by atoms with Gasteiger partial charge in [0.05, 0.1) is 19.0 Å². The summed E-state index contributed by atoms with van der Waals surface area (Å²) in [6.45, 7) is 3.29. The molecule has 162 valence electrons. The predicted octanol–water partition coefficient (Wildman–Crippen LogP) is 4.93. The molecule has 1 aliphatic rings. The van der Waals surface area contributed by atoms with Crippen molar-refractivity contribution in [2.45, 2.75) is 5.03 Å². The Labute approximate surface area is 194 Å². The van der Waals surface area contributed by atoms with Gasteiger partial charge in [-0.2, -0.15) is 0 Å². The summed E-state index contributed by atoms with van der Waals surface area (Å²) >= 11 is 3.07. The van der Waals surface area contributed by atoms with E-state index in [0.717, 1.165) is 63.4 Å². The molecule has 4 aromatic rings. The molecule has 0 saturated carbocycles. The Kier molecular flexibility index (Phi) is 6.34. The first kappa shape index (κ1) is 20.9. The Hall–Kier alpha value is -2.94. The fourth-order valence-electron chi connectivity index (χ4n) is 3.60. The molecule has 1 saturated heterocycles. The second-order valence-corrected chi connectivity index (χ2v) is 9.35. The molecular weight excluding hydrogens is 440 g/mol. The molecule has 0 unspecified atom stereocenters. The van der Waals surface area contributed by atoms with Gasteiger partial charge in [0, 0.05) is 34.7 Å². The van der Waals surface area contributed by atoms with E-state index < -0.39 is 0 Å². The highest BCUT2D eigenvalue weighted by molar-refractivity contribution is 8.00. The lowest BCUT2D eigenvalue weighted by molar-refractivity contribution is -0.113. The summed E-state index contributed by atoms with van der Waals surface area (Å²) in [6, 6.07) is 20.3. The summed E-state index contributed by atoms with van der Waals surface area (Å²) < 4.78 is 5.40. The number of thioether (sulfide) groups is 1. The smallest absolute Gasteiger partial charge is 0.234 e. The van der Waals surface area contributed by atoms with Crippen molar-refractivity contribution >= 4 is 50.6 Å². The van der Waals surface area contributed by atoms with Crippen LogP contribution in [0.5, 0.6) is 0 Å². The van der Waals surface area contributed by atoms with Crippen LogP contribution in [0.1, 0.15) is 0 Å². The van der Waals surface area contributed by atoms with Crippen molar-refractivity contribution in [1.29, 1.82) is 0 Å². The van der Waals surface area contributed by atoms with Crippen LogP contribution in [-0.2, 0) is 9.53 Å². The zero-order chi connectivity index (χ0) is 21.8. The first-order valence-corrected chi connectivity index (χ1v) is 12.2. The van der Waals surface area contributed by atoms with E-state index in [1.807, 2.05) is 42.5 Å². The Balaban J connectivity index is 1.22. The molecule has 0 radical (unpaired) electrons. The largest absolute Gasteiger partial charge is 0.378 e. The first-order chi connectivity index (χ1) is 15.8. The number of hydrogen-bond acceptors (Lipinski definition) is 7. The maximum absolute atomic E-state index is 12.5. The summed E-state index contributed by atoms with van der Waals surface area (Å²) in [5.74, 6) is 0.229. The number of carbonyl (C=O) groups is 1. The molecule has 1 aliphatic heterocycles. The van der Waals surface area contributed by atoms with Crippen LogP contribution in [0.15, 0.2) is 72.0 Å². The number of anilines is 2. The first-order valence-electron chi connectivity index (χ1n) is 10.4. The highest BCUT2D eigenvalue weighted by Gasteiger charge is 2.13. The lowest BCUT2D eigenvalue weighted by atomic mass is 10.2. The summed E-state index contributed by atoms with van der Waals surface area (Å²) in [4.78, 5) is 25.7. The molecule has 1 fully saturated rings. The topological polar surface area (TPSA) is 67.4 Å². The van der Waals surface area contributed by atoms with E-state index in [9.17, 15) is 4.79 Å². The number of fused-ring (bicyclic) bond motifs is 1. The second-order valence-electron chi connectivity index (χ2n) is 7.36. The Bertz CT molecular complexity index is 1210. The van der Waals surface area contributed by atoms with Crippen molar-refractivity contribution in [2.75, 3.05) is 42.3 Å². The van der Waals surface area contributed by atoms with Crippen molar-refractivity contribution in [3.8, 4) is 10.4 Å². The third-order valence-corrected chi connectivity index (χ3v) is 7.32. The van der Waals surface area contributed by atoms with Crippen LogP contribution in [0.4, 0.5) is 11.4 Å². The molecule has 2 aromatic heterocycles. The fraction of sp³-hybridized carbons (Fsp3) is 0.208. The summed E-state index contributed by atoms with van der Waals surface area (Å²) in [7, 11) is 0. The number of rotatable bonds is 6. The summed E-state index contributed by atoms with van der Waals surface area (Å²) in [5, 5.41) is 4.79. The highest BCUT2D eigenvalue weighted by atomic mass is 32.2. The number of carbonyl (C=O) groups excluding carboxylic acids is 1. The standard InChI is InChI=1S/C24H22N4O2S2/c29-22(27-18-6-8-19(9-7-18)28-10-12-30-13-11-28)15-31-23-20-14-21(17-4-2-1-3-5-17)32-24(20)26-16-25-23/h1-9,14,16H,10-13,15H2,(H,27,29). The van der Waals surface area contributed by atoms with E-state index in [0.29, 0.717) is 0 Å². The number of nitrogens with one attached hydrogen (secondary N) is 1. The monoisotopic (exact) mass is 462 g/mol. The van der Waals surface area contributed by atoms with E-state index in [2.05, 4.69) is 38.4 Å². The van der Waals surface area contributed by atoms with E-state index in [4.69, 9.17) is 4.74 Å². The van der Waals surface area contributed by atoms with Gasteiger partial charge in [-0.05, 0) is 35.9 Å². The maximum Gasteiger partial charge on any atom is 0.234 e. The average Bonchev–Trinajstić information content (AvgIpc) is 3.29. The van der Waals surface area contributed by atoms with Crippen LogP contribution in [-0.4, -0.2) is 47.9 Å². The molecule has 2 aromatic carbocycles. The number of nitrogens with zero attached hydrogens (tertiary/aromatic N) is 3. The third kappa shape index (κ3) is 4.77. The normalized spacial score (nSPS) is 13.9. The number of ether oxygens (including phenoxy) is 1. The van der Waals surface area contributed by atoms with Crippen molar-refractivity contribution in [2.24, 2.45) is 0 Å². The van der Waals surface area contributed by atoms with Crippen LogP contribution in [0, 0.1) is 0 Å². The van der Waals surface area contributed by atoms with Gasteiger partial charge in [-0.3, -0.25) is 4.79 Å². The molecule has 6 nitrogen and oxygen atoms in total. The molecule has 0 aliphatic carbocycles. The number of amides is 1. The lowest BCUT2D eigenvalue weighted by Gasteiger charge is -2.28. The number of morpholine rings is 1. The molecule has 5 rings (SSSR count). The number of aromatic nitrogens is 2. The van der Waals surface area contributed by atoms with Gasteiger partial charge in [-0.25, -0.2) is 9.97 Å². The molecule has 32 heavy (non-hydrogen) atoms. The van der Waals surface area contributed by atoms with Crippen molar-refractivity contribution in [3.63, 3.8) is 0 Å². The van der Waals surface area contributed by atoms with Crippen LogP contribution in [0.3, 0.4) is 0 Å². The van der Waals surface area contributed by atoms with Gasteiger partial charge in [0.2, 0.25) is 5.91 Å². The lowest BCUT2D eigenvalue weighted by Crippen LogP contribution is -2.36. The SMILES string of the molecule is O=C(CSc1ncnc2sc(-c3ccccc3)cc12)Nc1ccc(N2CCOCC2)cc1. The molecule has 0 atom stereocenters. The highest BCUT2D eigenvalue weighted by Crippen LogP contribution is 2.36. The van der Waals surface area contributed by atoms with Gasteiger partial charge in [-0.1, -0.05) is 42.1 Å². The van der Waals surface area contributed by atoms with Crippen LogP contribution >= 0.6 is 23.1 Å². The minimum absolute atomic E-state index is 0.0561. The van der Waals surface area contributed by atoms with Crippen LogP contribution in [0.25, 0.3) is 20.7 Å². The quantitative estimate of drug-likeness (QED) is 0.324. The maximum atomic E-state index is 12.5. The number of hydrogen-bond donors (Lipinski definition) is 1. The van der Waals surface area contributed by atoms with E-state index >= 15 is 0 Å². The fourth-order valence-corrected chi connectivity index (χ4v) is 5.44. The molecule has 1 N–H and O–H groups in total. The molecular formula is C24H22N4O2S2. The zero-order valence-corrected chi connectivity index (χ0v) is 19.0. The molecule has 0 bridgehead atoms. The summed E-state index contributed by atoms with van der Waals surface area (Å²) in [6.07, 6.45) is 1.57. The van der Waals surface area contributed by atoms with Gasteiger partial charge >= 0.3 is 0 Å². The number of benzene rings is 2. The molecule has 0 spiro atoms. The zero-order valence-electron chi connectivity index (χ0n) is 17.4. The average molecular weight is 463 g/mol. The van der Waals surface area contributed by atoms with Crippen molar-refractivity contribution in [3.05, 3.63) is 67.0 Å². The van der Waals surface area contributed by atoms with Gasteiger partial charge < -0.3 is 15.0 Å². The second kappa shape index (κ2) is 9.68. The van der Waals surface area contributed by atoms with Gasteiger partial charge in [0.15, 0.2) is 0 Å². The van der Waals surface area contributed by atoms with Crippen LogP contribution in [0.2, 0.25) is 0 Å². The van der Waals surface area contributed by atoms with E-state index in [1.165, 1.54) is 11.8 Å². The number of thiophene rings is 1. The Morgan fingerprint density at radius 1 is 1.06 bits per heavy atom. The minimum atomic E-state index is -0.0561. The molecule has 1 amide bonds. The Morgan fingerprint density at radius 3 is 2.62 bits per heavy atom. The van der Waals surface area contributed by atoms with Gasteiger partial charge in [0.25, 0.3) is 0 Å². The molecule has 3 heterocycles. The van der Waals surface area contributed by atoms with Crippen molar-refractivity contribution in [1.82, 2.24) is 9.97 Å². The van der Waals surface area contributed by atoms with Gasteiger partial charge in [-0.15, -0.1) is 11.3 Å². The third-order valence-electron chi connectivity index (χ3n) is 5.22. The molecule has 8 heteroatoms. The van der Waals surface area contributed by atoms with Crippen molar-refractivity contribution < 1.29 is 9.53 Å². The summed E-state index contributed by atoms with van der Waals surface area (Å²) in [5.41, 5.74) is 3.10. The Morgan fingerprint density at radius 2 is 1.84 bits per heavy atom. The van der Waals surface area contributed by atoms with Gasteiger partial charge in [0.1, 0.15) is 16.2 Å².